The van der Waals surface area contributed by atoms with Crippen LogP contribution in [0.3, 0.4) is 0 Å². The van der Waals surface area contributed by atoms with Crippen molar-refractivity contribution in [3.63, 3.8) is 0 Å². The fourth-order valence-electron chi connectivity index (χ4n) is 3.58. The molecule has 1 aliphatic rings. The number of hydrogen-bond acceptors (Lipinski definition) is 6. The van der Waals surface area contributed by atoms with Gasteiger partial charge in [-0.1, -0.05) is 13.8 Å². The molecule has 8 nitrogen and oxygen atoms in total. The fourth-order valence-corrected chi connectivity index (χ4v) is 3.79. The molecule has 2 aromatic carbocycles. The Morgan fingerprint density at radius 1 is 0.939 bits per heavy atom. The quantitative estimate of drug-likeness (QED) is 0.628. The van der Waals surface area contributed by atoms with E-state index in [-0.39, 0.29) is 22.8 Å². The molecule has 1 saturated heterocycles. The molecule has 0 spiro atoms. The summed E-state index contributed by atoms with van der Waals surface area (Å²) in [5.41, 5.74) is 2.22. The molecule has 9 heteroatoms. The first-order chi connectivity index (χ1) is 15.8. The predicted molar refractivity (Wildman–Crippen MR) is 133 cm³/mol. The first-order valence-corrected chi connectivity index (χ1v) is 11.2. The van der Waals surface area contributed by atoms with Gasteiger partial charge in [-0.2, -0.15) is 0 Å². The van der Waals surface area contributed by atoms with Crippen molar-refractivity contribution in [1.29, 1.82) is 0 Å². The minimum absolute atomic E-state index is 0.0252. The van der Waals surface area contributed by atoms with Gasteiger partial charge in [-0.15, -0.1) is 0 Å². The Kier molecular flexibility index (Phi) is 8.11. The number of nitrogens with one attached hydrogen (secondary N) is 2. The maximum absolute atomic E-state index is 12.6. The summed E-state index contributed by atoms with van der Waals surface area (Å²) in [4.78, 5) is 28.9. The molecule has 0 unspecified atom stereocenters. The van der Waals surface area contributed by atoms with Crippen molar-refractivity contribution < 1.29 is 19.1 Å². The van der Waals surface area contributed by atoms with Crippen molar-refractivity contribution in [3.05, 3.63) is 48.0 Å². The lowest BCUT2D eigenvalue weighted by atomic mass is 10.1. The molecule has 0 aliphatic carbocycles. The highest BCUT2D eigenvalue weighted by Gasteiger charge is 2.23. The van der Waals surface area contributed by atoms with E-state index in [4.69, 9.17) is 21.7 Å². The van der Waals surface area contributed by atoms with E-state index >= 15 is 0 Å². The topological polar surface area (TPSA) is 83.1 Å². The molecule has 33 heavy (non-hydrogen) atoms. The van der Waals surface area contributed by atoms with Crippen molar-refractivity contribution in [2.45, 2.75) is 13.8 Å². The summed E-state index contributed by atoms with van der Waals surface area (Å²) in [5, 5.41) is 5.89. The lowest BCUT2D eigenvalue weighted by Gasteiger charge is -2.37. The van der Waals surface area contributed by atoms with Crippen LogP contribution in [-0.2, 0) is 4.79 Å². The van der Waals surface area contributed by atoms with Crippen LogP contribution in [0.25, 0.3) is 0 Å². The van der Waals surface area contributed by atoms with E-state index in [0.29, 0.717) is 17.1 Å². The van der Waals surface area contributed by atoms with Crippen LogP contribution >= 0.6 is 12.2 Å². The van der Waals surface area contributed by atoms with Gasteiger partial charge in [-0.05, 0) is 48.6 Å². The van der Waals surface area contributed by atoms with Crippen LogP contribution in [0, 0.1) is 5.92 Å². The van der Waals surface area contributed by atoms with Crippen LogP contribution < -0.4 is 25.0 Å². The highest BCUT2D eigenvalue weighted by atomic mass is 32.1. The number of carbonyl (C=O) groups excluding carboxylic acids is 2. The van der Waals surface area contributed by atoms with Gasteiger partial charge in [0.2, 0.25) is 5.91 Å². The maximum Gasteiger partial charge on any atom is 0.257 e. The van der Waals surface area contributed by atoms with Crippen LogP contribution in [0.2, 0.25) is 0 Å². The van der Waals surface area contributed by atoms with Crippen LogP contribution in [-0.4, -0.2) is 62.2 Å². The molecule has 2 amide bonds. The van der Waals surface area contributed by atoms with Crippen LogP contribution in [0.4, 0.5) is 11.4 Å². The number of benzene rings is 2. The van der Waals surface area contributed by atoms with Crippen LogP contribution in [0.15, 0.2) is 42.5 Å². The third-order valence-corrected chi connectivity index (χ3v) is 5.62. The molecule has 0 radical (unpaired) electrons. The van der Waals surface area contributed by atoms with E-state index in [1.807, 2.05) is 43.0 Å². The number of ether oxygens (including phenoxy) is 2. The SMILES string of the molecule is COc1cc(OC)cc(C(=O)NC(=S)Nc2ccc(N3CCN(C(=O)C(C)C)CC3)cc2)c1. The normalized spacial score (nSPS) is 13.5. The standard InChI is InChI=1S/C24H30N4O4S/c1-16(2)23(30)28-11-9-27(10-12-28)19-7-5-18(6-8-19)25-24(33)26-22(29)17-13-20(31-3)15-21(14-17)32-4/h5-8,13-16H,9-12H2,1-4H3,(H2,25,26,29,33). The van der Waals surface area contributed by atoms with Gasteiger partial charge in [0.1, 0.15) is 11.5 Å². The lowest BCUT2D eigenvalue weighted by Crippen LogP contribution is -2.49. The average molecular weight is 471 g/mol. The Labute approximate surface area is 199 Å². The van der Waals surface area contributed by atoms with Crippen molar-refractivity contribution in [1.82, 2.24) is 10.2 Å². The summed E-state index contributed by atoms with van der Waals surface area (Å²) in [5.74, 6) is 0.899. The Bertz CT molecular complexity index is 980. The number of nitrogens with zero attached hydrogens (tertiary/aromatic N) is 2. The molecular formula is C24H30N4O4S. The number of amides is 2. The van der Waals surface area contributed by atoms with Crippen molar-refractivity contribution in [3.8, 4) is 11.5 Å². The summed E-state index contributed by atoms with van der Waals surface area (Å²) in [6, 6.07) is 12.7. The molecule has 3 rings (SSSR count). The Morgan fingerprint density at radius 3 is 2.03 bits per heavy atom. The zero-order valence-electron chi connectivity index (χ0n) is 19.4. The third-order valence-electron chi connectivity index (χ3n) is 5.42. The monoisotopic (exact) mass is 470 g/mol. The molecule has 176 valence electrons. The second-order valence-electron chi connectivity index (χ2n) is 8.02. The van der Waals surface area contributed by atoms with Crippen molar-refractivity contribution >= 4 is 40.5 Å². The van der Waals surface area contributed by atoms with E-state index in [2.05, 4.69) is 15.5 Å². The summed E-state index contributed by atoms with van der Waals surface area (Å²) < 4.78 is 10.4. The third kappa shape index (κ3) is 6.35. The van der Waals surface area contributed by atoms with Gasteiger partial charge in [0.05, 0.1) is 14.2 Å². The number of anilines is 2. The minimum Gasteiger partial charge on any atom is -0.497 e. The molecular weight excluding hydrogens is 440 g/mol. The van der Waals surface area contributed by atoms with Crippen molar-refractivity contribution in [2.75, 3.05) is 50.6 Å². The number of methoxy groups -OCH3 is 2. The molecule has 2 N–H and O–H groups in total. The number of carbonyl (C=O) groups is 2. The predicted octanol–water partition coefficient (Wildman–Crippen LogP) is 3.14. The highest BCUT2D eigenvalue weighted by Crippen LogP contribution is 2.23. The molecule has 1 aliphatic heterocycles. The number of rotatable bonds is 6. The molecule has 2 aromatic rings. The Morgan fingerprint density at radius 2 is 1.52 bits per heavy atom. The minimum atomic E-state index is -0.366. The lowest BCUT2D eigenvalue weighted by molar-refractivity contribution is -0.134. The highest BCUT2D eigenvalue weighted by molar-refractivity contribution is 7.80. The zero-order valence-corrected chi connectivity index (χ0v) is 20.2. The number of piperazine rings is 1. The summed E-state index contributed by atoms with van der Waals surface area (Å²) >= 11 is 5.30. The molecule has 0 aromatic heterocycles. The first kappa shape index (κ1) is 24.3. The van der Waals surface area contributed by atoms with E-state index in [1.165, 1.54) is 14.2 Å². The Balaban J connectivity index is 1.54. The van der Waals surface area contributed by atoms with Gasteiger partial charge in [0, 0.05) is 55.1 Å². The first-order valence-electron chi connectivity index (χ1n) is 10.8. The van der Waals surface area contributed by atoms with Crippen LogP contribution in [0.1, 0.15) is 24.2 Å². The van der Waals surface area contributed by atoms with Gasteiger partial charge in [-0.3, -0.25) is 14.9 Å². The van der Waals surface area contributed by atoms with E-state index in [9.17, 15) is 9.59 Å². The summed E-state index contributed by atoms with van der Waals surface area (Å²) in [7, 11) is 3.05. The van der Waals surface area contributed by atoms with Gasteiger partial charge in [0.15, 0.2) is 5.11 Å². The zero-order chi connectivity index (χ0) is 24.0. The second-order valence-corrected chi connectivity index (χ2v) is 8.43. The van der Waals surface area contributed by atoms with Gasteiger partial charge >= 0.3 is 0 Å². The molecule has 0 saturated carbocycles. The Hall–Kier alpha value is -3.33. The van der Waals surface area contributed by atoms with Gasteiger partial charge in [-0.25, -0.2) is 0 Å². The summed E-state index contributed by atoms with van der Waals surface area (Å²) in [6.07, 6.45) is 0. The molecule has 1 heterocycles. The number of hydrogen-bond donors (Lipinski definition) is 2. The van der Waals surface area contributed by atoms with Gasteiger partial charge < -0.3 is 24.6 Å². The molecule has 0 atom stereocenters. The second kappa shape index (κ2) is 11.0. The summed E-state index contributed by atoms with van der Waals surface area (Å²) in [6.45, 7) is 6.90. The number of thiocarbonyl (C=S) groups is 1. The van der Waals surface area contributed by atoms with E-state index in [1.54, 1.807) is 18.2 Å². The molecule has 0 bridgehead atoms. The smallest absolute Gasteiger partial charge is 0.257 e. The average Bonchev–Trinajstić information content (AvgIpc) is 2.83. The fraction of sp³-hybridized carbons (Fsp3) is 0.375. The van der Waals surface area contributed by atoms with Crippen molar-refractivity contribution in [2.24, 2.45) is 5.92 Å². The van der Waals surface area contributed by atoms with Gasteiger partial charge in [0.25, 0.3) is 5.91 Å². The van der Waals surface area contributed by atoms with E-state index in [0.717, 1.165) is 37.6 Å². The molecule has 1 fully saturated rings. The maximum atomic E-state index is 12.6. The largest absolute Gasteiger partial charge is 0.497 e. The van der Waals surface area contributed by atoms with Crippen LogP contribution in [0.5, 0.6) is 11.5 Å². The van der Waals surface area contributed by atoms with E-state index < -0.39 is 0 Å².